The van der Waals surface area contributed by atoms with Gasteiger partial charge in [0.1, 0.15) is 0 Å². The molecule has 0 aromatic heterocycles. The predicted molar refractivity (Wildman–Crippen MR) is 47.8 cm³/mol. The van der Waals surface area contributed by atoms with Crippen LogP contribution < -0.4 is 0 Å². The van der Waals surface area contributed by atoms with Crippen molar-refractivity contribution in [2.45, 2.75) is 18.6 Å². The fraction of sp³-hybridized carbons (Fsp3) is 0.800. The Bertz CT molecular complexity index is 97.0. The van der Waals surface area contributed by atoms with E-state index in [4.69, 9.17) is 5.11 Å². The van der Waals surface area contributed by atoms with Crippen LogP contribution in [-0.2, 0) is 4.79 Å². The maximum Gasteiger partial charge on any atom is 0.205 e. The number of halogens is 1. The molecule has 0 aliphatic rings. The number of aliphatic hydroxyl groups is 1. The van der Waals surface area contributed by atoms with Gasteiger partial charge in [0.2, 0.25) is 3.79 Å². The van der Waals surface area contributed by atoms with Crippen molar-refractivity contribution in [1.82, 2.24) is 0 Å². The highest BCUT2D eigenvalue weighted by atomic mass is 127. The lowest BCUT2D eigenvalue weighted by Gasteiger charge is -2.05. The molecule has 0 radical (unpaired) electrons. The van der Waals surface area contributed by atoms with Gasteiger partial charge in [0.25, 0.3) is 0 Å². The first-order chi connectivity index (χ1) is 4.22. The average Bonchev–Trinajstić information content (AvgIpc) is 1.82. The van der Waals surface area contributed by atoms with Crippen LogP contribution in [0.15, 0.2) is 0 Å². The zero-order valence-electron chi connectivity index (χ0n) is 5.13. The molecule has 0 aromatic rings. The van der Waals surface area contributed by atoms with Gasteiger partial charge in [0, 0.05) is 22.6 Å². The van der Waals surface area contributed by atoms with E-state index in [9.17, 15) is 4.79 Å². The van der Waals surface area contributed by atoms with Crippen LogP contribution in [0.2, 0.25) is 0 Å². The topological polar surface area (TPSA) is 37.3 Å². The summed E-state index contributed by atoms with van der Waals surface area (Å²) in [6.07, 6.45) is 0.799. The highest BCUT2D eigenvalue weighted by molar-refractivity contribution is 14.1. The second-order valence-electron chi connectivity index (χ2n) is 1.50. The number of hydrogen-bond donors (Lipinski definition) is 1. The molecule has 0 rings (SSSR count). The average molecular weight is 260 g/mol. The van der Waals surface area contributed by atoms with Crippen molar-refractivity contribution in [3.8, 4) is 0 Å². The lowest BCUT2D eigenvalue weighted by molar-refractivity contribution is -0.109. The Hall–Kier alpha value is 0.710. The minimum absolute atomic E-state index is 0.0180. The number of carbonyl (C=O) groups is 1. The molecule has 1 N–H and O–H groups in total. The summed E-state index contributed by atoms with van der Waals surface area (Å²) in [5.74, 6) is 0.0350. The summed E-state index contributed by atoms with van der Waals surface area (Å²) >= 11 is 3.04. The van der Waals surface area contributed by atoms with Crippen molar-refractivity contribution in [2.24, 2.45) is 0 Å². The van der Waals surface area contributed by atoms with Crippen LogP contribution in [0.5, 0.6) is 0 Å². The molecule has 0 fully saturated rings. The van der Waals surface area contributed by atoms with E-state index >= 15 is 0 Å². The maximum atomic E-state index is 10.6. The molecule has 0 aliphatic heterocycles. The molecule has 54 valence electrons. The third-order valence-electron chi connectivity index (χ3n) is 0.900. The molecule has 0 aromatic carbocycles. The van der Waals surface area contributed by atoms with Crippen molar-refractivity contribution in [2.75, 3.05) is 5.94 Å². The number of aliphatic hydroxyl groups excluding tert-OH is 1. The molecule has 1 atom stereocenters. The number of hydrogen-bond acceptors (Lipinski definition) is 3. The van der Waals surface area contributed by atoms with Gasteiger partial charge >= 0.3 is 0 Å². The molecule has 0 saturated carbocycles. The summed E-state index contributed by atoms with van der Waals surface area (Å²) in [7, 11) is 0. The second kappa shape index (κ2) is 5.49. The summed E-state index contributed by atoms with van der Waals surface area (Å²) in [5.41, 5.74) is 0. The van der Waals surface area contributed by atoms with Crippen molar-refractivity contribution < 1.29 is 9.90 Å². The van der Waals surface area contributed by atoms with E-state index in [1.807, 2.05) is 6.92 Å². The Kier molecular flexibility index (Phi) is 5.92. The molecule has 1 unspecified atom stereocenters. The maximum absolute atomic E-state index is 10.6. The normalized spacial score (nSPS) is 13.2. The van der Waals surface area contributed by atoms with Gasteiger partial charge in [-0.3, -0.25) is 4.79 Å². The first-order valence-corrected chi connectivity index (χ1v) is 4.77. The largest absolute Gasteiger partial charge is 0.386 e. The van der Waals surface area contributed by atoms with E-state index in [1.54, 1.807) is 22.6 Å². The van der Waals surface area contributed by atoms with E-state index < -0.39 is 0 Å². The lowest BCUT2D eigenvalue weighted by Crippen LogP contribution is -2.09. The third kappa shape index (κ3) is 4.16. The lowest BCUT2D eigenvalue weighted by atomic mass is 10.4. The standard InChI is InChI=1S/C5H9IO2S/c1-2-4(5(6)8)9-3-7/h4,7H,2-3H2,1H3. The zero-order valence-corrected chi connectivity index (χ0v) is 8.11. The highest BCUT2D eigenvalue weighted by Crippen LogP contribution is 2.16. The van der Waals surface area contributed by atoms with Crippen LogP contribution in [0.3, 0.4) is 0 Å². The number of thioether (sulfide) groups is 1. The van der Waals surface area contributed by atoms with Crippen molar-refractivity contribution in [1.29, 1.82) is 0 Å². The monoisotopic (exact) mass is 260 g/mol. The van der Waals surface area contributed by atoms with Crippen molar-refractivity contribution >= 4 is 38.1 Å². The molecular weight excluding hydrogens is 251 g/mol. The minimum Gasteiger partial charge on any atom is -0.386 e. The molecule has 0 spiro atoms. The molecule has 9 heavy (non-hydrogen) atoms. The Morgan fingerprint density at radius 3 is 2.56 bits per heavy atom. The van der Waals surface area contributed by atoms with E-state index in [-0.39, 0.29) is 15.0 Å². The van der Waals surface area contributed by atoms with Crippen LogP contribution in [0.25, 0.3) is 0 Å². The third-order valence-corrected chi connectivity index (χ3v) is 3.17. The van der Waals surface area contributed by atoms with Crippen LogP contribution in [-0.4, -0.2) is 20.1 Å². The summed E-state index contributed by atoms with van der Waals surface area (Å²) < 4.78 is 0.120. The second-order valence-corrected chi connectivity index (χ2v) is 3.72. The molecule has 0 bridgehead atoms. The Balaban J connectivity index is 3.54. The van der Waals surface area contributed by atoms with Gasteiger partial charge in [-0.25, -0.2) is 0 Å². The molecule has 0 saturated heterocycles. The van der Waals surface area contributed by atoms with E-state index in [0.717, 1.165) is 6.42 Å². The Morgan fingerprint density at radius 1 is 1.89 bits per heavy atom. The van der Waals surface area contributed by atoms with Gasteiger partial charge in [0.05, 0.1) is 11.2 Å². The highest BCUT2D eigenvalue weighted by Gasteiger charge is 2.11. The Labute approximate surface area is 72.5 Å². The smallest absolute Gasteiger partial charge is 0.205 e. The van der Waals surface area contributed by atoms with Crippen molar-refractivity contribution in [3.05, 3.63) is 0 Å². The Morgan fingerprint density at radius 2 is 2.44 bits per heavy atom. The minimum atomic E-state index is -0.0180. The van der Waals surface area contributed by atoms with Gasteiger partial charge in [-0.2, -0.15) is 0 Å². The molecule has 2 nitrogen and oxygen atoms in total. The number of carbonyl (C=O) groups excluding carboxylic acids is 1. The van der Waals surface area contributed by atoms with Crippen LogP contribution in [0.1, 0.15) is 13.3 Å². The first kappa shape index (κ1) is 9.71. The molecular formula is C5H9IO2S. The van der Waals surface area contributed by atoms with E-state index in [0.29, 0.717) is 0 Å². The fourth-order valence-corrected chi connectivity index (χ4v) is 1.96. The molecule has 0 aliphatic carbocycles. The predicted octanol–water partition coefficient (Wildman–Crippen LogP) is 1.41. The molecule has 0 amide bonds. The summed E-state index contributed by atoms with van der Waals surface area (Å²) in [4.78, 5) is 10.6. The zero-order chi connectivity index (χ0) is 7.28. The fourth-order valence-electron chi connectivity index (χ4n) is 0.434. The van der Waals surface area contributed by atoms with Crippen molar-refractivity contribution in [3.63, 3.8) is 0 Å². The summed E-state index contributed by atoms with van der Waals surface area (Å²) in [5, 5.41) is 8.41. The number of rotatable bonds is 4. The van der Waals surface area contributed by atoms with E-state index in [1.165, 1.54) is 11.8 Å². The van der Waals surface area contributed by atoms with Gasteiger partial charge in [0.15, 0.2) is 0 Å². The van der Waals surface area contributed by atoms with Gasteiger partial charge in [-0.1, -0.05) is 6.92 Å². The first-order valence-electron chi connectivity index (χ1n) is 2.64. The van der Waals surface area contributed by atoms with Gasteiger partial charge in [-0.05, 0) is 6.42 Å². The van der Waals surface area contributed by atoms with Gasteiger partial charge < -0.3 is 5.11 Å². The quantitative estimate of drug-likeness (QED) is 0.471. The summed E-state index contributed by atoms with van der Waals surface area (Å²) in [6.45, 7) is 1.93. The molecule has 0 heterocycles. The van der Waals surface area contributed by atoms with Gasteiger partial charge in [-0.15, -0.1) is 11.8 Å². The van der Waals surface area contributed by atoms with E-state index in [2.05, 4.69) is 0 Å². The van der Waals surface area contributed by atoms with Crippen LogP contribution in [0, 0.1) is 0 Å². The summed E-state index contributed by atoms with van der Waals surface area (Å²) in [6, 6.07) is 0. The molecule has 4 heteroatoms. The van der Waals surface area contributed by atoms with Crippen LogP contribution >= 0.6 is 34.4 Å². The SMILES string of the molecule is CCC(SCO)C(=O)I. The van der Waals surface area contributed by atoms with Crippen LogP contribution in [0.4, 0.5) is 0 Å².